The van der Waals surface area contributed by atoms with Gasteiger partial charge < -0.3 is 10.2 Å². The van der Waals surface area contributed by atoms with E-state index in [0.717, 1.165) is 38.4 Å². The van der Waals surface area contributed by atoms with Gasteiger partial charge >= 0.3 is 0 Å². The van der Waals surface area contributed by atoms with Gasteiger partial charge in [-0.25, -0.2) is 0 Å². The van der Waals surface area contributed by atoms with Crippen molar-refractivity contribution in [1.82, 2.24) is 10.2 Å². The Bertz CT molecular complexity index is 217. The van der Waals surface area contributed by atoms with Crippen LogP contribution in [0.1, 0.15) is 32.6 Å². The van der Waals surface area contributed by atoms with Crippen LogP contribution in [-0.2, 0) is 4.79 Å². The average molecular weight is 196 g/mol. The van der Waals surface area contributed by atoms with Gasteiger partial charge in [0.25, 0.3) is 0 Å². The zero-order valence-corrected chi connectivity index (χ0v) is 8.96. The topological polar surface area (TPSA) is 32.3 Å². The Labute approximate surface area is 85.8 Å². The maximum Gasteiger partial charge on any atom is 0.222 e. The van der Waals surface area contributed by atoms with E-state index in [9.17, 15) is 4.79 Å². The third kappa shape index (κ3) is 2.08. The van der Waals surface area contributed by atoms with E-state index in [2.05, 4.69) is 12.2 Å². The van der Waals surface area contributed by atoms with Gasteiger partial charge in [0.2, 0.25) is 5.91 Å². The number of carbonyl (C=O) groups excluding carboxylic acids is 1. The summed E-state index contributed by atoms with van der Waals surface area (Å²) in [4.78, 5) is 13.5. The first kappa shape index (κ1) is 9.97. The standard InChI is InChI=1S/C11H20N2O/c1-9-4-2-6-12-10(9)8-13-7-3-5-11(13)14/h9-10,12H,2-8H2,1H3. The van der Waals surface area contributed by atoms with Crippen LogP contribution in [-0.4, -0.2) is 36.5 Å². The lowest BCUT2D eigenvalue weighted by molar-refractivity contribution is -0.128. The normalized spacial score (nSPS) is 33.8. The average Bonchev–Trinajstić information content (AvgIpc) is 2.56. The molecule has 0 radical (unpaired) electrons. The van der Waals surface area contributed by atoms with Gasteiger partial charge in [0, 0.05) is 25.6 Å². The Morgan fingerprint density at radius 1 is 1.50 bits per heavy atom. The van der Waals surface area contributed by atoms with Crippen molar-refractivity contribution in [2.24, 2.45) is 5.92 Å². The number of carbonyl (C=O) groups is 1. The van der Waals surface area contributed by atoms with E-state index in [0.29, 0.717) is 11.9 Å². The molecule has 2 fully saturated rings. The van der Waals surface area contributed by atoms with Crippen LogP contribution in [0.2, 0.25) is 0 Å². The van der Waals surface area contributed by atoms with Crippen LogP contribution in [0.5, 0.6) is 0 Å². The molecule has 3 nitrogen and oxygen atoms in total. The number of nitrogens with zero attached hydrogens (tertiary/aromatic N) is 1. The van der Waals surface area contributed by atoms with Crippen LogP contribution >= 0.6 is 0 Å². The largest absolute Gasteiger partial charge is 0.341 e. The highest BCUT2D eigenvalue weighted by molar-refractivity contribution is 5.78. The lowest BCUT2D eigenvalue weighted by atomic mass is 9.92. The van der Waals surface area contributed by atoms with Gasteiger partial charge in [0.15, 0.2) is 0 Å². The van der Waals surface area contributed by atoms with Crippen LogP contribution < -0.4 is 5.32 Å². The predicted molar refractivity (Wildman–Crippen MR) is 56.0 cm³/mol. The fourth-order valence-electron chi connectivity index (χ4n) is 2.49. The Hall–Kier alpha value is -0.570. The summed E-state index contributed by atoms with van der Waals surface area (Å²) in [5.74, 6) is 1.07. The van der Waals surface area contributed by atoms with E-state index in [-0.39, 0.29) is 0 Å². The van der Waals surface area contributed by atoms with Crippen molar-refractivity contribution in [3.8, 4) is 0 Å². The van der Waals surface area contributed by atoms with Crippen LogP contribution in [0.15, 0.2) is 0 Å². The van der Waals surface area contributed by atoms with E-state index in [4.69, 9.17) is 0 Å². The number of nitrogens with one attached hydrogen (secondary N) is 1. The van der Waals surface area contributed by atoms with Crippen molar-refractivity contribution in [3.63, 3.8) is 0 Å². The lowest BCUT2D eigenvalue weighted by Gasteiger charge is -2.33. The van der Waals surface area contributed by atoms with Crippen molar-refractivity contribution in [1.29, 1.82) is 0 Å². The molecule has 80 valence electrons. The van der Waals surface area contributed by atoms with Crippen molar-refractivity contribution in [3.05, 3.63) is 0 Å². The van der Waals surface area contributed by atoms with E-state index >= 15 is 0 Å². The molecule has 3 heteroatoms. The molecule has 0 aromatic rings. The summed E-state index contributed by atoms with van der Waals surface area (Å²) < 4.78 is 0. The highest BCUT2D eigenvalue weighted by Crippen LogP contribution is 2.18. The summed E-state index contributed by atoms with van der Waals surface area (Å²) in [6.07, 6.45) is 4.41. The molecular formula is C11H20N2O. The van der Waals surface area contributed by atoms with Gasteiger partial charge in [0.05, 0.1) is 0 Å². The summed E-state index contributed by atoms with van der Waals surface area (Å²) >= 11 is 0. The van der Waals surface area contributed by atoms with Crippen molar-refractivity contribution in [2.45, 2.75) is 38.6 Å². The van der Waals surface area contributed by atoms with E-state index in [1.165, 1.54) is 12.8 Å². The summed E-state index contributed by atoms with van der Waals surface area (Å²) in [6.45, 7) is 5.32. The molecule has 0 aromatic heterocycles. The zero-order valence-electron chi connectivity index (χ0n) is 8.96. The highest BCUT2D eigenvalue weighted by atomic mass is 16.2. The Morgan fingerprint density at radius 2 is 2.36 bits per heavy atom. The van der Waals surface area contributed by atoms with E-state index in [1.54, 1.807) is 0 Å². The first-order chi connectivity index (χ1) is 6.77. The number of amides is 1. The van der Waals surface area contributed by atoms with Crippen molar-refractivity contribution in [2.75, 3.05) is 19.6 Å². The number of hydrogen-bond acceptors (Lipinski definition) is 2. The summed E-state index contributed by atoms with van der Waals surface area (Å²) in [6, 6.07) is 0.533. The molecule has 0 spiro atoms. The minimum absolute atomic E-state index is 0.351. The van der Waals surface area contributed by atoms with Crippen LogP contribution in [0.3, 0.4) is 0 Å². The van der Waals surface area contributed by atoms with Gasteiger partial charge in [-0.3, -0.25) is 4.79 Å². The molecule has 0 aromatic carbocycles. The van der Waals surface area contributed by atoms with Crippen molar-refractivity contribution >= 4 is 5.91 Å². The smallest absolute Gasteiger partial charge is 0.222 e. The number of piperidine rings is 1. The summed E-state index contributed by atoms with van der Waals surface area (Å²) in [7, 11) is 0. The molecule has 0 aliphatic carbocycles. The first-order valence-electron chi connectivity index (χ1n) is 5.78. The van der Waals surface area contributed by atoms with Gasteiger partial charge in [-0.1, -0.05) is 6.92 Å². The Balaban J connectivity index is 1.86. The molecule has 0 bridgehead atoms. The van der Waals surface area contributed by atoms with Gasteiger partial charge in [-0.05, 0) is 31.7 Å². The molecule has 2 heterocycles. The van der Waals surface area contributed by atoms with E-state index < -0.39 is 0 Å². The minimum atomic E-state index is 0.351. The summed E-state index contributed by atoms with van der Waals surface area (Å²) in [5.41, 5.74) is 0. The fraction of sp³-hybridized carbons (Fsp3) is 0.909. The molecule has 1 N–H and O–H groups in total. The second-order valence-electron chi connectivity index (χ2n) is 4.62. The third-order valence-corrected chi connectivity index (χ3v) is 3.52. The quantitative estimate of drug-likeness (QED) is 0.714. The fourth-order valence-corrected chi connectivity index (χ4v) is 2.49. The molecule has 2 atom stereocenters. The van der Waals surface area contributed by atoms with Gasteiger partial charge in [-0.2, -0.15) is 0 Å². The zero-order chi connectivity index (χ0) is 9.97. The van der Waals surface area contributed by atoms with Crippen molar-refractivity contribution < 1.29 is 4.79 Å². The number of hydrogen-bond donors (Lipinski definition) is 1. The SMILES string of the molecule is CC1CCCNC1CN1CCCC1=O. The van der Waals surface area contributed by atoms with Gasteiger partial charge in [0.1, 0.15) is 0 Å². The molecule has 2 aliphatic rings. The molecule has 1 amide bonds. The Morgan fingerprint density at radius 3 is 3.00 bits per heavy atom. The molecule has 2 rings (SSSR count). The van der Waals surface area contributed by atoms with E-state index in [1.807, 2.05) is 4.90 Å². The number of rotatable bonds is 2. The van der Waals surface area contributed by atoms with Crippen LogP contribution in [0.4, 0.5) is 0 Å². The van der Waals surface area contributed by atoms with Crippen LogP contribution in [0, 0.1) is 5.92 Å². The molecule has 2 saturated heterocycles. The molecule has 0 saturated carbocycles. The monoisotopic (exact) mass is 196 g/mol. The number of likely N-dealkylation sites (tertiary alicyclic amines) is 1. The maximum absolute atomic E-state index is 11.5. The molecule has 2 aliphatic heterocycles. The summed E-state index contributed by atoms with van der Waals surface area (Å²) in [5, 5.41) is 3.52. The molecule has 14 heavy (non-hydrogen) atoms. The Kier molecular flexibility index (Phi) is 3.06. The first-order valence-corrected chi connectivity index (χ1v) is 5.78. The predicted octanol–water partition coefficient (Wildman–Crippen LogP) is 0.997. The second kappa shape index (κ2) is 4.30. The maximum atomic E-state index is 11.5. The van der Waals surface area contributed by atoms with Crippen LogP contribution in [0.25, 0.3) is 0 Å². The highest BCUT2D eigenvalue weighted by Gasteiger charge is 2.27. The minimum Gasteiger partial charge on any atom is -0.341 e. The van der Waals surface area contributed by atoms with Gasteiger partial charge in [-0.15, -0.1) is 0 Å². The third-order valence-electron chi connectivity index (χ3n) is 3.52. The molecular weight excluding hydrogens is 176 g/mol. The lowest BCUT2D eigenvalue weighted by Crippen LogP contribution is -2.48. The second-order valence-corrected chi connectivity index (χ2v) is 4.62. The molecule has 2 unspecified atom stereocenters.